The third-order valence-electron chi connectivity index (χ3n) is 2.22. The number of halogens is 2. The van der Waals surface area contributed by atoms with Gasteiger partial charge in [-0.3, -0.25) is 0 Å². The monoisotopic (exact) mass is 281 g/mol. The van der Waals surface area contributed by atoms with Crippen molar-refractivity contribution in [3.63, 3.8) is 0 Å². The van der Waals surface area contributed by atoms with Gasteiger partial charge < -0.3 is 4.74 Å². The third-order valence-corrected chi connectivity index (χ3v) is 2.66. The highest BCUT2D eigenvalue weighted by Crippen LogP contribution is 2.13. The summed E-state index contributed by atoms with van der Waals surface area (Å²) < 4.78 is 5.14. The number of hydrogen-bond donors (Lipinski definition) is 0. The molecule has 0 radical (unpaired) electrons. The number of benzene rings is 1. The van der Waals surface area contributed by atoms with E-state index in [1.807, 2.05) is 6.07 Å². The maximum Gasteiger partial charge on any atom is 0.338 e. The standard InChI is InChI=1S/C13H9Cl2NO2/c14-11-3-1-2-9(6-11)8-18-13(17)10-4-5-16-12(15)7-10/h1-7H,8H2. The molecular weight excluding hydrogens is 273 g/mol. The van der Waals surface area contributed by atoms with E-state index in [1.54, 1.807) is 24.3 Å². The summed E-state index contributed by atoms with van der Waals surface area (Å²) in [5, 5.41) is 0.864. The van der Waals surface area contributed by atoms with Crippen LogP contribution < -0.4 is 0 Å². The van der Waals surface area contributed by atoms with Crippen LogP contribution in [0.4, 0.5) is 0 Å². The fourth-order valence-corrected chi connectivity index (χ4v) is 1.78. The molecule has 5 heteroatoms. The molecule has 0 saturated carbocycles. The van der Waals surface area contributed by atoms with Crippen LogP contribution in [0, 0.1) is 0 Å². The predicted molar refractivity (Wildman–Crippen MR) is 69.8 cm³/mol. The van der Waals surface area contributed by atoms with Crippen LogP contribution in [0.15, 0.2) is 42.6 Å². The largest absolute Gasteiger partial charge is 0.457 e. The van der Waals surface area contributed by atoms with Crippen molar-refractivity contribution in [1.29, 1.82) is 0 Å². The Morgan fingerprint density at radius 1 is 1.22 bits per heavy atom. The van der Waals surface area contributed by atoms with Crippen LogP contribution in [0.5, 0.6) is 0 Å². The Hall–Kier alpha value is -1.58. The lowest BCUT2D eigenvalue weighted by Gasteiger charge is -2.05. The van der Waals surface area contributed by atoms with Gasteiger partial charge in [0.2, 0.25) is 0 Å². The van der Waals surface area contributed by atoms with Gasteiger partial charge in [-0.15, -0.1) is 0 Å². The molecule has 2 rings (SSSR count). The summed E-state index contributed by atoms with van der Waals surface area (Å²) in [5.74, 6) is -0.445. The zero-order chi connectivity index (χ0) is 13.0. The Labute approximate surface area is 114 Å². The number of nitrogens with zero attached hydrogens (tertiary/aromatic N) is 1. The van der Waals surface area contributed by atoms with Gasteiger partial charge in [-0.25, -0.2) is 9.78 Å². The van der Waals surface area contributed by atoms with Gasteiger partial charge in [0.1, 0.15) is 11.8 Å². The Balaban J connectivity index is 2.00. The minimum absolute atomic E-state index is 0.166. The van der Waals surface area contributed by atoms with Gasteiger partial charge in [-0.2, -0.15) is 0 Å². The SMILES string of the molecule is O=C(OCc1cccc(Cl)c1)c1ccnc(Cl)c1. The van der Waals surface area contributed by atoms with Gasteiger partial charge in [0, 0.05) is 11.2 Å². The molecule has 0 spiro atoms. The lowest BCUT2D eigenvalue weighted by atomic mass is 10.2. The fraction of sp³-hybridized carbons (Fsp3) is 0.0769. The number of rotatable bonds is 3. The van der Waals surface area contributed by atoms with Crippen molar-refractivity contribution in [3.8, 4) is 0 Å². The third kappa shape index (κ3) is 3.45. The number of hydrogen-bond acceptors (Lipinski definition) is 3. The van der Waals surface area contributed by atoms with Crippen molar-refractivity contribution in [1.82, 2.24) is 4.98 Å². The molecular formula is C13H9Cl2NO2. The summed E-state index contributed by atoms with van der Waals surface area (Å²) >= 11 is 11.5. The minimum atomic E-state index is -0.445. The molecule has 0 aliphatic rings. The number of carbonyl (C=O) groups excluding carboxylic acids is 1. The molecule has 0 bridgehead atoms. The van der Waals surface area contributed by atoms with E-state index in [9.17, 15) is 4.79 Å². The number of carbonyl (C=O) groups is 1. The normalized spacial score (nSPS) is 10.1. The first kappa shape index (κ1) is 12.9. The number of ether oxygens (including phenoxy) is 1. The van der Waals surface area contributed by atoms with E-state index in [2.05, 4.69) is 4.98 Å². The van der Waals surface area contributed by atoms with Gasteiger partial charge in [-0.1, -0.05) is 35.3 Å². The maximum atomic E-state index is 11.7. The number of aromatic nitrogens is 1. The van der Waals surface area contributed by atoms with Crippen LogP contribution in [0.2, 0.25) is 10.2 Å². The molecule has 0 fully saturated rings. The van der Waals surface area contributed by atoms with Gasteiger partial charge in [0.25, 0.3) is 0 Å². The lowest BCUT2D eigenvalue weighted by Crippen LogP contribution is -2.05. The highest BCUT2D eigenvalue weighted by Gasteiger charge is 2.08. The quantitative estimate of drug-likeness (QED) is 0.635. The molecule has 0 aliphatic carbocycles. The van der Waals surface area contributed by atoms with Crippen molar-refractivity contribution in [2.24, 2.45) is 0 Å². The zero-order valence-corrected chi connectivity index (χ0v) is 10.8. The van der Waals surface area contributed by atoms with Crippen molar-refractivity contribution < 1.29 is 9.53 Å². The van der Waals surface area contributed by atoms with Crippen LogP contribution in [0.25, 0.3) is 0 Å². The average molecular weight is 282 g/mol. The Morgan fingerprint density at radius 3 is 2.78 bits per heavy atom. The summed E-state index contributed by atoms with van der Waals surface area (Å²) in [6.45, 7) is 0.166. The van der Waals surface area contributed by atoms with Crippen LogP contribution >= 0.6 is 23.2 Å². The predicted octanol–water partition coefficient (Wildman–Crippen LogP) is 3.75. The van der Waals surface area contributed by atoms with E-state index in [0.717, 1.165) is 5.56 Å². The maximum absolute atomic E-state index is 11.7. The summed E-state index contributed by atoms with van der Waals surface area (Å²) in [5.41, 5.74) is 1.20. The van der Waals surface area contributed by atoms with Crippen LogP contribution in [0.1, 0.15) is 15.9 Å². The molecule has 1 aromatic heterocycles. The first-order valence-electron chi connectivity index (χ1n) is 5.18. The lowest BCUT2D eigenvalue weighted by molar-refractivity contribution is 0.0472. The Kier molecular flexibility index (Phi) is 4.18. The molecule has 0 amide bonds. The van der Waals surface area contributed by atoms with E-state index in [0.29, 0.717) is 10.6 Å². The van der Waals surface area contributed by atoms with E-state index in [1.165, 1.54) is 12.3 Å². The molecule has 0 N–H and O–H groups in total. The number of pyridine rings is 1. The summed E-state index contributed by atoms with van der Waals surface area (Å²) in [6, 6.07) is 10.1. The summed E-state index contributed by atoms with van der Waals surface area (Å²) in [7, 11) is 0. The van der Waals surface area contributed by atoms with Gasteiger partial charge in [0.15, 0.2) is 0 Å². The second-order valence-electron chi connectivity index (χ2n) is 3.57. The van der Waals surface area contributed by atoms with Gasteiger partial charge in [0.05, 0.1) is 5.56 Å². The average Bonchev–Trinajstić information content (AvgIpc) is 2.36. The van der Waals surface area contributed by atoms with E-state index in [-0.39, 0.29) is 11.8 Å². The summed E-state index contributed by atoms with van der Waals surface area (Å²) in [6.07, 6.45) is 1.46. The second kappa shape index (κ2) is 5.85. The minimum Gasteiger partial charge on any atom is -0.457 e. The van der Waals surface area contributed by atoms with E-state index in [4.69, 9.17) is 27.9 Å². The highest BCUT2D eigenvalue weighted by atomic mass is 35.5. The molecule has 2 aromatic rings. The van der Waals surface area contributed by atoms with Crippen LogP contribution in [-0.2, 0) is 11.3 Å². The molecule has 0 aliphatic heterocycles. The fourth-order valence-electron chi connectivity index (χ4n) is 1.39. The second-order valence-corrected chi connectivity index (χ2v) is 4.40. The molecule has 3 nitrogen and oxygen atoms in total. The van der Waals surface area contributed by atoms with Gasteiger partial charge >= 0.3 is 5.97 Å². The number of esters is 1. The molecule has 1 aromatic carbocycles. The van der Waals surface area contributed by atoms with Crippen molar-refractivity contribution in [2.45, 2.75) is 6.61 Å². The smallest absolute Gasteiger partial charge is 0.338 e. The molecule has 0 saturated heterocycles. The summed E-state index contributed by atoms with van der Waals surface area (Å²) in [4.78, 5) is 15.5. The zero-order valence-electron chi connectivity index (χ0n) is 9.27. The molecule has 18 heavy (non-hydrogen) atoms. The topological polar surface area (TPSA) is 39.2 Å². The van der Waals surface area contributed by atoms with E-state index < -0.39 is 5.97 Å². The first-order valence-corrected chi connectivity index (χ1v) is 5.94. The molecule has 0 unspecified atom stereocenters. The van der Waals surface area contributed by atoms with Crippen molar-refractivity contribution >= 4 is 29.2 Å². The van der Waals surface area contributed by atoms with Crippen molar-refractivity contribution in [2.75, 3.05) is 0 Å². The Bertz CT molecular complexity index is 572. The van der Waals surface area contributed by atoms with Crippen LogP contribution in [-0.4, -0.2) is 11.0 Å². The molecule has 0 atom stereocenters. The molecule has 1 heterocycles. The van der Waals surface area contributed by atoms with Crippen LogP contribution in [0.3, 0.4) is 0 Å². The first-order chi connectivity index (χ1) is 8.65. The van der Waals surface area contributed by atoms with Crippen molar-refractivity contribution in [3.05, 3.63) is 63.9 Å². The highest BCUT2D eigenvalue weighted by molar-refractivity contribution is 6.30. The Morgan fingerprint density at radius 2 is 2.06 bits per heavy atom. The van der Waals surface area contributed by atoms with E-state index >= 15 is 0 Å². The molecule has 92 valence electrons. The van der Waals surface area contributed by atoms with Gasteiger partial charge in [-0.05, 0) is 29.8 Å².